The highest BCUT2D eigenvalue weighted by atomic mass is 19.1. The summed E-state index contributed by atoms with van der Waals surface area (Å²) in [5.41, 5.74) is 4.90. The molecule has 46 heavy (non-hydrogen) atoms. The van der Waals surface area contributed by atoms with Crippen LogP contribution in [0.2, 0.25) is 0 Å². The van der Waals surface area contributed by atoms with Crippen LogP contribution in [0.15, 0.2) is 54.0 Å². The number of pyridine rings is 2. The summed E-state index contributed by atoms with van der Waals surface area (Å²) in [5, 5.41) is 11.9. The quantitative estimate of drug-likeness (QED) is 0.248. The number of hydrogen-bond donors (Lipinski definition) is 1. The average Bonchev–Trinajstić information content (AvgIpc) is 3.00. The number of fused-ring (bicyclic) bond motifs is 5. The summed E-state index contributed by atoms with van der Waals surface area (Å²) in [6.07, 6.45) is 3.13. The summed E-state index contributed by atoms with van der Waals surface area (Å²) in [5.74, 6) is -0.458. The van der Waals surface area contributed by atoms with Gasteiger partial charge < -0.3 is 19.6 Å². The van der Waals surface area contributed by atoms with Crippen molar-refractivity contribution >= 4 is 22.4 Å². The van der Waals surface area contributed by atoms with Crippen molar-refractivity contribution in [1.82, 2.24) is 14.5 Å². The third-order valence-electron chi connectivity index (χ3n) is 9.38. The molecule has 0 spiro atoms. The van der Waals surface area contributed by atoms with Gasteiger partial charge in [-0.1, -0.05) is 40.3 Å². The van der Waals surface area contributed by atoms with Crippen molar-refractivity contribution in [2.24, 2.45) is 0 Å². The Balaban J connectivity index is 1.80. The number of hydrogen-bond acceptors (Lipinski definition) is 6. The van der Waals surface area contributed by atoms with E-state index in [0.29, 0.717) is 41.9 Å². The molecule has 4 aromatic rings. The lowest BCUT2D eigenvalue weighted by atomic mass is 9.82. The molecule has 2 atom stereocenters. The highest BCUT2D eigenvalue weighted by Gasteiger charge is 2.41. The predicted octanol–water partition coefficient (Wildman–Crippen LogP) is 6.75. The SMILES string of the molecule is C=CC(=O)N1CC2COc3c(C(C)C)c(-c4c(C)ccnc4C(C)C)c4c(=O)n(-c5c(O)cccc5F)c(C)cc4c3N2CC1C. The van der Waals surface area contributed by atoms with Gasteiger partial charge in [-0.3, -0.25) is 19.1 Å². The Hall–Kier alpha value is -4.66. The number of phenolic OH excluding ortho intramolecular Hbond substituents is 1. The number of carbonyl (C=O) groups is 1. The van der Waals surface area contributed by atoms with E-state index in [1.165, 1.54) is 28.8 Å². The number of carbonyl (C=O) groups excluding carboxylic acids is 1. The van der Waals surface area contributed by atoms with Crippen molar-refractivity contribution in [2.75, 3.05) is 24.6 Å². The second-order valence-corrected chi connectivity index (χ2v) is 13.1. The van der Waals surface area contributed by atoms with Gasteiger partial charge in [0, 0.05) is 53.1 Å². The fraction of sp³-hybridized carbons (Fsp3) is 0.378. The molecule has 1 fully saturated rings. The lowest BCUT2D eigenvalue weighted by molar-refractivity contribution is -0.129. The van der Waals surface area contributed by atoms with Gasteiger partial charge in [-0.15, -0.1) is 0 Å². The van der Waals surface area contributed by atoms with Gasteiger partial charge in [0.1, 0.15) is 23.8 Å². The van der Waals surface area contributed by atoms with Crippen molar-refractivity contribution in [3.05, 3.63) is 87.9 Å². The van der Waals surface area contributed by atoms with Crippen LogP contribution in [-0.2, 0) is 4.79 Å². The molecule has 1 N–H and O–H groups in total. The lowest BCUT2D eigenvalue weighted by Crippen LogP contribution is -2.62. The van der Waals surface area contributed by atoms with Gasteiger partial charge >= 0.3 is 0 Å². The van der Waals surface area contributed by atoms with Gasteiger partial charge in [-0.25, -0.2) is 4.39 Å². The van der Waals surface area contributed by atoms with Crippen LogP contribution in [0, 0.1) is 19.7 Å². The molecule has 2 aromatic heterocycles. The van der Waals surface area contributed by atoms with Crippen LogP contribution in [0.25, 0.3) is 27.6 Å². The summed E-state index contributed by atoms with van der Waals surface area (Å²) in [6, 6.07) is 7.62. The van der Waals surface area contributed by atoms with E-state index in [4.69, 9.17) is 9.72 Å². The summed E-state index contributed by atoms with van der Waals surface area (Å²) < 4.78 is 23.4. The molecule has 0 saturated carbocycles. The van der Waals surface area contributed by atoms with Crippen LogP contribution < -0.4 is 15.2 Å². The monoisotopic (exact) mass is 624 g/mol. The van der Waals surface area contributed by atoms with E-state index >= 15 is 9.18 Å². The summed E-state index contributed by atoms with van der Waals surface area (Å²) >= 11 is 0. The fourth-order valence-corrected chi connectivity index (χ4v) is 7.30. The third kappa shape index (κ3) is 4.75. The zero-order chi connectivity index (χ0) is 33.2. The standard InChI is InChI=1S/C37H41FN4O4/c1-9-28(44)40-17-24-18-46-36-29(19(2)3)32(30-21(6)13-14-39-33(30)20(4)5)31-25(34(36)41(24)16-23(40)8)15-22(7)42(37(31)45)35-26(38)11-10-12-27(35)43/h9-15,19-20,23-24,43H,1,16-18H2,2-8H3. The smallest absolute Gasteiger partial charge is 0.264 e. The minimum absolute atomic E-state index is 0.0471. The van der Waals surface area contributed by atoms with E-state index in [9.17, 15) is 9.90 Å². The number of para-hydroxylation sites is 1. The molecule has 0 radical (unpaired) electrons. The summed E-state index contributed by atoms with van der Waals surface area (Å²) in [6.45, 7) is 19.1. The summed E-state index contributed by atoms with van der Waals surface area (Å²) in [7, 11) is 0. The van der Waals surface area contributed by atoms with Crippen LogP contribution in [0.3, 0.4) is 0 Å². The lowest BCUT2D eigenvalue weighted by Gasteiger charge is -2.49. The third-order valence-corrected chi connectivity index (χ3v) is 9.38. The van der Waals surface area contributed by atoms with Gasteiger partial charge in [0.25, 0.3) is 5.56 Å². The highest BCUT2D eigenvalue weighted by molar-refractivity contribution is 6.09. The molecular weight excluding hydrogens is 583 g/mol. The number of ether oxygens (including phenoxy) is 1. The Bertz CT molecular complexity index is 1940. The number of anilines is 1. The molecule has 4 heterocycles. The maximum Gasteiger partial charge on any atom is 0.264 e. The number of aromatic hydroxyl groups is 1. The second kappa shape index (κ2) is 11.6. The number of benzene rings is 2. The van der Waals surface area contributed by atoms with Crippen molar-refractivity contribution in [1.29, 1.82) is 0 Å². The normalized spacial score (nSPS) is 17.7. The molecule has 1 amide bonds. The minimum atomic E-state index is -0.700. The molecule has 9 heteroatoms. The number of amides is 1. The molecule has 2 aliphatic rings. The molecule has 2 aliphatic heterocycles. The predicted molar refractivity (Wildman–Crippen MR) is 180 cm³/mol. The Kier molecular flexibility index (Phi) is 7.90. The number of nitrogens with zero attached hydrogens (tertiary/aromatic N) is 4. The Morgan fingerprint density at radius 1 is 1.11 bits per heavy atom. The first-order valence-corrected chi connectivity index (χ1v) is 15.9. The molecule has 0 aliphatic carbocycles. The first kappa shape index (κ1) is 31.3. The second-order valence-electron chi connectivity index (χ2n) is 13.1. The van der Waals surface area contributed by atoms with Crippen LogP contribution in [-0.4, -0.2) is 57.2 Å². The van der Waals surface area contributed by atoms with E-state index in [-0.39, 0.29) is 41.3 Å². The van der Waals surface area contributed by atoms with E-state index in [1.54, 1.807) is 13.1 Å². The molecule has 2 unspecified atom stereocenters. The van der Waals surface area contributed by atoms with Gasteiger partial charge in [0.05, 0.1) is 22.8 Å². The van der Waals surface area contributed by atoms with Crippen LogP contribution >= 0.6 is 0 Å². The molecule has 240 valence electrons. The zero-order valence-electron chi connectivity index (χ0n) is 27.5. The first-order valence-electron chi connectivity index (χ1n) is 15.9. The van der Waals surface area contributed by atoms with E-state index in [2.05, 4.69) is 39.2 Å². The van der Waals surface area contributed by atoms with E-state index in [0.717, 1.165) is 33.6 Å². The van der Waals surface area contributed by atoms with Crippen molar-refractivity contribution in [3.8, 4) is 28.3 Å². The van der Waals surface area contributed by atoms with E-state index in [1.807, 2.05) is 30.9 Å². The number of aryl methyl sites for hydroxylation is 2. The van der Waals surface area contributed by atoms with Gasteiger partial charge in [-0.05, 0) is 68.5 Å². The summed E-state index contributed by atoms with van der Waals surface area (Å²) in [4.78, 5) is 36.7. The molecule has 8 nitrogen and oxygen atoms in total. The molecule has 0 bridgehead atoms. The highest BCUT2D eigenvalue weighted by Crippen LogP contribution is 2.52. The molecule has 2 aromatic carbocycles. The topological polar surface area (TPSA) is 87.9 Å². The van der Waals surface area contributed by atoms with Crippen molar-refractivity contribution < 1.29 is 19.0 Å². The number of halogens is 1. The van der Waals surface area contributed by atoms with E-state index < -0.39 is 11.4 Å². The maximum absolute atomic E-state index is 15.4. The largest absolute Gasteiger partial charge is 0.506 e. The molecule has 1 saturated heterocycles. The van der Waals surface area contributed by atoms with Crippen molar-refractivity contribution in [3.63, 3.8) is 0 Å². The Morgan fingerprint density at radius 3 is 2.50 bits per heavy atom. The van der Waals surface area contributed by atoms with Gasteiger partial charge in [-0.2, -0.15) is 0 Å². The molecule has 6 rings (SSSR count). The Morgan fingerprint density at radius 2 is 1.85 bits per heavy atom. The average molecular weight is 625 g/mol. The number of piperazine rings is 1. The number of phenols is 1. The number of rotatable bonds is 5. The van der Waals surface area contributed by atoms with Crippen LogP contribution in [0.4, 0.5) is 10.1 Å². The number of aromatic nitrogens is 2. The van der Waals surface area contributed by atoms with Crippen LogP contribution in [0.1, 0.15) is 69.0 Å². The van der Waals surface area contributed by atoms with Crippen LogP contribution in [0.5, 0.6) is 11.5 Å². The Labute approximate surface area is 268 Å². The first-order chi connectivity index (χ1) is 21.9. The maximum atomic E-state index is 15.4. The fourth-order valence-electron chi connectivity index (χ4n) is 7.30. The van der Waals surface area contributed by atoms with Crippen molar-refractivity contribution in [2.45, 2.75) is 72.4 Å². The zero-order valence-corrected chi connectivity index (χ0v) is 27.5. The van der Waals surface area contributed by atoms with Gasteiger partial charge in [0.2, 0.25) is 5.91 Å². The van der Waals surface area contributed by atoms with Gasteiger partial charge in [0.15, 0.2) is 5.82 Å². The molecular formula is C37H41FN4O4. The minimum Gasteiger partial charge on any atom is -0.506 e.